The lowest BCUT2D eigenvalue weighted by molar-refractivity contribution is 0.127. The van der Waals surface area contributed by atoms with Crippen LogP contribution in [0.3, 0.4) is 0 Å². The molecule has 3 heteroatoms. The molecule has 1 fully saturated rings. The Morgan fingerprint density at radius 1 is 1.62 bits per heavy atom. The number of thioether (sulfide) groups is 1. The van der Waals surface area contributed by atoms with E-state index >= 15 is 0 Å². The van der Waals surface area contributed by atoms with E-state index < -0.39 is 0 Å². The predicted octanol–water partition coefficient (Wildman–Crippen LogP) is 0.109. The van der Waals surface area contributed by atoms with Gasteiger partial charge >= 0.3 is 0 Å². The van der Waals surface area contributed by atoms with Gasteiger partial charge in [-0.25, -0.2) is 0 Å². The minimum Gasteiger partial charge on any atom is -0.389 e. The Balaban J connectivity index is 2.30. The third-order valence-electron chi connectivity index (χ3n) is 1.30. The molecule has 1 N–H and O–H groups in total. The molecule has 8 heavy (non-hydrogen) atoms. The molecule has 0 aliphatic carbocycles. The minimum absolute atomic E-state index is 0.231. The molecular weight excluding hydrogens is 124 g/mol. The van der Waals surface area contributed by atoms with Crippen molar-refractivity contribution in [2.75, 3.05) is 19.5 Å². The molecule has 48 valence electrons. The van der Waals surface area contributed by atoms with Gasteiger partial charge in [-0.3, -0.25) is 0 Å². The molecule has 0 saturated carbocycles. The maximum absolute atomic E-state index is 9.04. The topological polar surface area (TPSA) is 29.5 Å². The summed E-state index contributed by atoms with van der Waals surface area (Å²) in [6.07, 6.45) is 1.76. The first kappa shape index (κ1) is 6.39. The van der Waals surface area contributed by atoms with Crippen LogP contribution in [0.1, 0.15) is 0 Å². The zero-order valence-corrected chi connectivity index (χ0v) is 5.65. The summed E-state index contributed by atoms with van der Waals surface area (Å²) in [6, 6.07) is 0. The Morgan fingerprint density at radius 2 is 2.38 bits per heavy atom. The second kappa shape index (κ2) is 2.71. The van der Waals surface area contributed by atoms with Gasteiger partial charge in [-0.05, 0) is 6.26 Å². The van der Waals surface area contributed by atoms with Gasteiger partial charge in [-0.15, -0.1) is 0 Å². The summed E-state index contributed by atoms with van der Waals surface area (Å²) in [5.41, 5.74) is 0. The van der Waals surface area contributed by atoms with Gasteiger partial charge in [0.15, 0.2) is 0 Å². The van der Waals surface area contributed by atoms with Crippen molar-refractivity contribution < 1.29 is 9.84 Å². The van der Waals surface area contributed by atoms with E-state index in [0.717, 1.165) is 0 Å². The first-order chi connectivity index (χ1) is 3.84. The fraction of sp³-hybridized carbons (Fsp3) is 1.00. The number of hydrogen-bond donors (Lipinski definition) is 1. The molecule has 1 heterocycles. The minimum atomic E-state index is -0.231. The van der Waals surface area contributed by atoms with E-state index in [9.17, 15) is 0 Å². The summed E-state index contributed by atoms with van der Waals surface area (Å²) in [7, 11) is 0. The summed E-state index contributed by atoms with van der Waals surface area (Å²) >= 11 is 1.67. The van der Waals surface area contributed by atoms with Crippen LogP contribution in [-0.2, 0) is 4.74 Å². The number of aliphatic hydroxyl groups is 1. The normalized spacial score (nSPS) is 38.2. The lowest BCUT2D eigenvalue weighted by Gasteiger charge is -2.06. The monoisotopic (exact) mass is 134 g/mol. The van der Waals surface area contributed by atoms with E-state index in [0.29, 0.717) is 18.5 Å². The molecule has 0 aromatic carbocycles. The van der Waals surface area contributed by atoms with Crippen molar-refractivity contribution in [3.8, 4) is 0 Å². The number of ether oxygens (including phenoxy) is 1. The molecule has 0 bridgehead atoms. The summed E-state index contributed by atoms with van der Waals surface area (Å²) < 4.78 is 4.99. The molecule has 2 nitrogen and oxygen atoms in total. The Bertz CT molecular complexity index is 76.8. The molecule has 1 aliphatic rings. The largest absolute Gasteiger partial charge is 0.389 e. The van der Waals surface area contributed by atoms with Crippen LogP contribution in [0.4, 0.5) is 0 Å². The molecule has 2 unspecified atom stereocenters. The van der Waals surface area contributed by atoms with E-state index in [1.165, 1.54) is 0 Å². The van der Waals surface area contributed by atoms with Gasteiger partial charge in [-0.2, -0.15) is 11.8 Å². The smallest absolute Gasteiger partial charge is 0.0914 e. The number of aliphatic hydroxyl groups excluding tert-OH is 1. The molecule has 0 spiro atoms. The highest BCUT2D eigenvalue weighted by Crippen LogP contribution is 2.17. The van der Waals surface area contributed by atoms with Gasteiger partial charge in [0.1, 0.15) is 0 Å². The second-order valence-electron chi connectivity index (χ2n) is 1.88. The van der Waals surface area contributed by atoms with Crippen LogP contribution in [0, 0.1) is 0 Å². The summed E-state index contributed by atoms with van der Waals surface area (Å²) in [5.74, 6) is 0. The van der Waals surface area contributed by atoms with Gasteiger partial charge < -0.3 is 9.84 Å². The number of hydrogen-bond acceptors (Lipinski definition) is 3. The first-order valence-corrected chi connectivity index (χ1v) is 3.92. The average Bonchev–Trinajstić information content (AvgIpc) is 2.14. The Labute approximate surface area is 53.2 Å². The molecule has 0 amide bonds. The van der Waals surface area contributed by atoms with Crippen molar-refractivity contribution in [2.24, 2.45) is 0 Å². The maximum Gasteiger partial charge on any atom is 0.0914 e. The van der Waals surface area contributed by atoms with Crippen LogP contribution >= 0.6 is 11.8 Å². The van der Waals surface area contributed by atoms with Gasteiger partial charge in [0.05, 0.1) is 24.6 Å². The van der Waals surface area contributed by atoms with Gasteiger partial charge in [0.25, 0.3) is 0 Å². The predicted molar refractivity (Wildman–Crippen MR) is 34.1 cm³/mol. The Kier molecular flexibility index (Phi) is 2.16. The van der Waals surface area contributed by atoms with E-state index in [2.05, 4.69) is 0 Å². The standard InChI is InChI=1S/C5H10O2S/c1-8-5-3-7-2-4(5)6/h4-6H,2-3H2,1H3. The average molecular weight is 134 g/mol. The van der Waals surface area contributed by atoms with Gasteiger partial charge in [-0.1, -0.05) is 0 Å². The first-order valence-electron chi connectivity index (χ1n) is 2.63. The van der Waals surface area contributed by atoms with E-state index in [4.69, 9.17) is 9.84 Å². The highest BCUT2D eigenvalue weighted by molar-refractivity contribution is 7.99. The zero-order chi connectivity index (χ0) is 5.98. The van der Waals surface area contributed by atoms with Gasteiger partial charge in [0, 0.05) is 0 Å². The van der Waals surface area contributed by atoms with Crippen molar-refractivity contribution in [2.45, 2.75) is 11.4 Å². The summed E-state index contributed by atoms with van der Waals surface area (Å²) in [6.45, 7) is 1.23. The fourth-order valence-corrected chi connectivity index (χ4v) is 1.37. The quantitative estimate of drug-likeness (QED) is 0.552. The van der Waals surface area contributed by atoms with Crippen LogP contribution in [0.2, 0.25) is 0 Å². The third kappa shape index (κ3) is 1.16. The molecule has 1 rings (SSSR count). The third-order valence-corrected chi connectivity index (χ3v) is 2.36. The van der Waals surface area contributed by atoms with E-state index in [1.807, 2.05) is 6.26 Å². The second-order valence-corrected chi connectivity index (χ2v) is 2.96. The molecule has 0 aromatic heterocycles. The van der Waals surface area contributed by atoms with Crippen LogP contribution in [0.5, 0.6) is 0 Å². The van der Waals surface area contributed by atoms with Crippen LogP contribution < -0.4 is 0 Å². The van der Waals surface area contributed by atoms with Crippen LogP contribution in [0.15, 0.2) is 0 Å². The summed E-state index contributed by atoms with van der Waals surface area (Å²) in [5, 5.41) is 9.36. The van der Waals surface area contributed by atoms with E-state index in [-0.39, 0.29) is 6.10 Å². The lowest BCUT2D eigenvalue weighted by Crippen LogP contribution is -2.19. The molecular formula is C5H10O2S. The molecule has 0 radical (unpaired) electrons. The SMILES string of the molecule is CSC1COCC1O. The van der Waals surface area contributed by atoms with Crippen molar-refractivity contribution in [1.82, 2.24) is 0 Å². The van der Waals surface area contributed by atoms with Crippen molar-refractivity contribution >= 4 is 11.8 Å². The molecule has 2 atom stereocenters. The molecule has 0 aromatic rings. The number of rotatable bonds is 1. The lowest BCUT2D eigenvalue weighted by atomic mass is 10.3. The summed E-state index contributed by atoms with van der Waals surface area (Å²) in [4.78, 5) is 0. The Hall–Kier alpha value is 0.270. The highest BCUT2D eigenvalue weighted by atomic mass is 32.2. The maximum atomic E-state index is 9.04. The van der Waals surface area contributed by atoms with Gasteiger partial charge in [0.2, 0.25) is 0 Å². The Morgan fingerprint density at radius 3 is 2.62 bits per heavy atom. The van der Waals surface area contributed by atoms with Crippen molar-refractivity contribution in [3.63, 3.8) is 0 Å². The van der Waals surface area contributed by atoms with Crippen molar-refractivity contribution in [1.29, 1.82) is 0 Å². The van der Waals surface area contributed by atoms with Crippen LogP contribution in [-0.4, -0.2) is 35.9 Å². The molecule has 1 saturated heterocycles. The zero-order valence-electron chi connectivity index (χ0n) is 4.83. The molecule has 1 aliphatic heterocycles. The van der Waals surface area contributed by atoms with E-state index in [1.54, 1.807) is 11.8 Å². The fourth-order valence-electron chi connectivity index (χ4n) is 0.748. The highest BCUT2D eigenvalue weighted by Gasteiger charge is 2.24. The van der Waals surface area contributed by atoms with Crippen LogP contribution in [0.25, 0.3) is 0 Å². The van der Waals surface area contributed by atoms with Crippen molar-refractivity contribution in [3.05, 3.63) is 0 Å².